The maximum absolute atomic E-state index is 6.39. The average Bonchev–Trinajstić information content (AvgIpc) is 3.72. The molecule has 0 amide bonds. The zero-order valence-corrected chi connectivity index (χ0v) is 21.4. The van der Waals surface area contributed by atoms with Gasteiger partial charge in [-0.1, -0.05) is 35.6 Å². The number of benzene rings is 1. The highest BCUT2D eigenvalue weighted by molar-refractivity contribution is 7.03. The van der Waals surface area contributed by atoms with Crippen molar-refractivity contribution in [2.24, 2.45) is 0 Å². The van der Waals surface area contributed by atoms with Crippen molar-refractivity contribution in [3.63, 3.8) is 0 Å². The van der Waals surface area contributed by atoms with Crippen LogP contribution in [0.25, 0.3) is 11.3 Å². The molecule has 1 aromatic carbocycles. The third-order valence-electron chi connectivity index (χ3n) is 6.53. The molecule has 0 spiro atoms. The minimum absolute atomic E-state index is 0.217. The first-order chi connectivity index (χ1) is 18.2. The number of hydrogen-bond acceptors (Lipinski definition) is 12. The van der Waals surface area contributed by atoms with Crippen LogP contribution < -0.4 is 9.64 Å². The van der Waals surface area contributed by atoms with Crippen LogP contribution >= 0.6 is 11.5 Å². The highest BCUT2D eigenvalue weighted by atomic mass is 32.1. The lowest BCUT2D eigenvalue weighted by molar-refractivity contribution is -0.0454. The molecule has 0 aliphatic carbocycles. The fraction of sp³-hybridized carbons (Fsp3) is 0.440. The molecule has 37 heavy (non-hydrogen) atoms. The van der Waals surface area contributed by atoms with Gasteiger partial charge in [0.2, 0.25) is 11.8 Å². The van der Waals surface area contributed by atoms with Crippen LogP contribution in [0.1, 0.15) is 62.1 Å². The van der Waals surface area contributed by atoms with Crippen LogP contribution in [-0.2, 0) is 9.47 Å². The van der Waals surface area contributed by atoms with E-state index >= 15 is 0 Å². The second-order valence-corrected chi connectivity index (χ2v) is 9.89. The molecule has 4 aromatic rings. The SMILES string of the molecule is CC(C)c1noc(C2CCN(c3ncnc(Oc4ccccc4-c4csnn4)c3C3OCCO3)CC2)n1. The first kappa shape index (κ1) is 23.9. The molecule has 2 saturated heterocycles. The first-order valence-corrected chi connectivity index (χ1v) is 13.2. The average molecular weight is 522 g/mol. The lowest BCUT2D eigenvalue weighted by atomic mass is 9.96. The molecule has 0 N–H and O–H groups in total. The minimum Gasteiger partial charge on any atom is -0.438 e. The summed E-state index contributed by atoms with van der Waals surface area (Å²) in [5, 5.41) is 10.2. The summed E-state index contributed by atoms with van der Waals surface area (Å²) in [5.74, 6) is 3.69. The Kier molecular flexibility index (Phi) is 6.77. The third-order valence-corrected chi connectivity index (χ3v) is 7.04. The molecule has 2 aliphatic rings. The standard InChI is InChI=1S/C25H27N7O4S/c1-15(2)21-28-23(36-30-21)16-7-9-32(10-8-16)22-20(25-33-11-12-34-25)24(27-14-26-22)35-19-6-4-3-5-17(19)18-13-37-31-29-18/h3-6,13-16,25H,7-12H2,1-2H3. The van der Waals surface area contributed by atoms with Crippen molar-refractivity contribution >= 4 is 17.4 Å². The van der Waals surface area contributed by atoms with E-state index in [2.05, 4.69) is 48.4 Å². The van der Waals surface area contributed by atoms with Crippen LogP contribution in [0.5, 0.6) is 11.6 Å². The summed E-state index contributed by atoms with van der Waals surface area (Å²) in [5.41, 5.74) is 2.26. The van der Waals surface area contributed by atoms with E-state index in [1.54, 1.807) is 0 Å². The van der Waals surface area contributed by atoms with E-state index in [0.717, 1.165) is 48.8 Å². The molecule has 0 atom stereocenters. The van der Waals surface area contributed by atoms with Crippen molar-refractivity contribution in [2.75, 3.05) is 31.2 Å². The third kappa shape index (κ3) is 4.91. The van der Waals surface area contributed by atoms with Gasteiger partial charge < -0.3 is 23.6 Å². The normalized spacial score (nSPS) is 17.1. The summed E-state index contributed by atoms with van der Waals surface area (Å²) < 4.78 is 27.8. The fourth-order valence-corrected chi connectivity index (χ4v) is 5.03. The van der Waals surface area contributed by atoms with Gasteiger partial charge in [0.1, 0.15) is 29.2 Å². The Bertz CT molecular complexity index is 1330. The molecule has 0 saturated carbocycles. The number of ether oxygens (including phenoxy) is 3. The Morgan fingerprint density at radius 1 is 1.08 bits per heavy atom. The van der Waals surface area contributed by atoms with E-state index in [0.29, 0.717) is 36.3 Å². The molecular weight excluding hydrogens is 494 g/mol. The second-order valence-electron chi connectivity index (χ2n) is 9.28. The van der Waals surface area contributed by atoms with E-state index in [4.69, 9.17) is 18.7 Å². The van der Waals surface area contributed by atoms with Crippen LogP contribution in [0.2, 0.25) is 0 Å². The van der Waals surface area contributed by atoms with Gasteiger partial charge in [0.15, 0.2) is 12.1 Å². The van der Waals surface area contributed by atoms with Crippen molar-refractivity contribution < 1.29 is 18.7 Å². The molecule has 0 bridgehead atoms. The van der Waals surface area contributed by atoms with Crippen molar-refractivity contribution in [1.82, 2.24) is 29.7 Å². The monoisotopic (exact) mass is 521 g/mol. The van der Waals surface area contributed by atoms with Gasteiger partial charge in [-0.15, -0.1) is 5.10 Å². The zero-order chi connectivity index (χ0) is 25.2. The lowest BCUT2D eigenvalue weighted by Gasteiger charge is -2.33. The van der Waals surface area contributed by atoms with Gasteiger partial charge >= 0.3 is 0 Å². The van der Waals surface area contributed by atoms with E-state index in [-0.39, 0.29) is 11.8 Å². The predicted molar refractivity (Wildman–Crippen MR) is 135 cm³/mol. The van der Waals surface area contributed by atoms with Crippen molar-refractivity contribution in [3.8, 4) is 22.9 Å². The summed E-state index contributed by atoms with van der Waals surface area (Å²) in [6.45, 7) is 6.65. The highest BCUT2D eigenvalue weighted by Gasteiger charge is 2.33. The molecule has 2 aliphatic heterocycles. The molecular formula is C25H27N7O4S. The van der Waals surface area contributed by atoms with E-state index < -0.39 is 6.29 Å². The Labute approximate surface area is 218 Å². The van der Waals surface area contributed by atoms with Gasteiger partial charge in [-0.05, 0) is 36.5 Å². The van der Waals surface area contributed by atoms with Crippen LogP contribution in [0.15, 0.2) is 40.5 Å². The molecule has 6 rings (SSSR count). The van der Waals surface area contributed by atoms with E-state index in [1.165, 1.54) is 17.9 Å². The predicted octanol–water partition coefficient (Wildman–Crippen LogP) is 4.72. The molecule has 0 unspecified atom stereocenters. The second kappa shape index (κ2) is 10.5. The van der Waals surface area contributed by atoms with Gasteiger partial charge in [0.05, 0.1) is 13.2 Å². The number of nitrogens with zero attached hydrogens (tertiary/aromatic N) is 7. The largest absolute Gasteiger partial charge is 0.438 e. The Balaban J connectivity index is 1.28. The molecule has 11 nitrogen and oxygen atoms in total. The molecule has 0 radical (unpaired) electrons. The molecule has 12 heteroatoms. The number of aromatic nitrogens is 6. The summed E-state index contributed by atoms with van der Waals surface area (Å²) in [7, 11) is 0. The number of anilines is 1. The van der Waals surface area contributed by atoms with Gasteiger partial charge in [0.25, 0.3) is 0 Å². The van der Waals surface area contributed by atoms with Crippen molar-refractivity contribution in [3.05, 3.63) is 53.3 Å². The van der Waals surface area contributed by atoms with E-state index in [1.807, 2.05) is 29.6 Å². The summed E-state index contributed by atoms with van der Waals surface area (Å²) in [6.07, 6.45) is 2.65. The quantitative estimate of drug-likeness (QED) is 0.336. The van der Waals surface area contributed by atoms with Crippen molar-refractivity contribution in [1.29, 1.82) is 0 Å². The number of hydrogen-bond donors (Lipinski definition) is 0. The highest BCUT2D eigenvalue weighted by Crippen LogP contribution is 2.41. The summed E-state index contributed by atoms with van der Waals surface area (Å²) in [6, 6.07) is 7.69. The van der Waals surface area contributed by atoms with Crippen molar-refractivity contribution in [2.45, 2.75) is 44.8 Å². The van der Waals surface area contributed by atoms with Crippen LogP contribution in [-0.4, -0.2) is 56.0 Å². The van der Waals surface area contributed by atoms with Crippen LogP contribution in [0, 0.1) is 0 Å². The molecule has 2 fully saturated rings. The van der Waals surface area contributed by atoms with Gasteiger partial charge in [-0.2, -0.15) is 4.98 Å². The Hall–Kier alpha value is -3.48. The maximum atomic E-state index is 6.39. The maximum Gasteiger partial charge on any atom is 0.232 e. The van der Waals surface area contributed by atoms with Crippen LogP contribution in [0.4, 0.5) is 5.82 Å². The number of piperidine rings is 1. The number of rotatable bonds is 7. The molecule has 192 valence electrons. The van der Waals surface area contributed by atoms with E-state index in [9.17, 15) is 0 Å². The molecule has 5 heterocycles. The number of para-hydroxylation sites is 1. The summed E-state index contributed by atoms with van der Waals surface area (Å²) in [4.78, 5) is 16.0. The summed E-state index contributed by atoms with van der Waals surface area (Å²) >= 11 is 1.29. The Morgan fingerprint density at radius 3 is 2.62 bits per heavy atom. The van der Waals surface area contributed by atoms with Gasteiger partial charge in [0, 0.05) is 35.9 Å². The topological polar surface area (TPSA) is 121 Å². The van der Waals surface area contributed by atoms with Crippen LogP contribution in [0.3, 0.4) is 0 Å². The zero-order valence-electron chi connectivity index (χ0n) is 20.6. The fourth-order valence-electron chi connectivity index (χ4n) is 4.57. The minimum atomic E-state index is -0.610. The first-order valence-electron chi connectivity index (χ1n) is 12.4. The Morgan fingerprint density at radius 2 is 1.89 bits per heavy atom. The lowest BCUT2D eigenvalue weighted by Crippen LogP contribution is -2.34. The molecule has 3 aromatic heterocycles. The van der Waals surface area contributed by atoms with Gasteiger partial charge in [-0.3, -0.25) is 0 Å². The van der Waals surface area contributed by atoms with Gasteiger partial charge in [-0.25, -0.2) is 9.97 Å². The smallest absolute Gasteiger partial charge is 0.232 e.